The van der Waals surface area contributed by atoms with E-state index >= 15 is 0 Å². The molecule has 0 unspecified atom stereocenters. The standard InChI is InChI=1S/C21H30N4O.HI/c1-22-20(25-12-11-21(15-25)9-4-10-21)23-14-16-5-2-8-18(13-16)24-19(26)17-6-3-7-17;/h2,5,8,13,17H,3-4,6-7,9-12,14-15H2,1H3,(H,22,23)(H,24,26);1H. The van der Waals surface area contributed by atoms with Gasteiger partial charge in [-0.05, 0) is 55.2 Å². The number of likely N-dealkylation sites (tertiary alicyclic amines) is 1. The zero-order valence-corrected chi connectivity index (χ0v) is 18.5. The molecule has 5 nitrogen and oxygen atoms in total. The first-order valence-electron chi connectivity index (χ1n) is 10.0. The number of carbonyl (C=O) groups excluding carboxylic acids is 1. The van der Waals surface area contributed by atoms with Crippen LogP contribution in [0.5, 0.6) is 0 Å². The number of halogens is 1. The molecule has 1 heterocycles. The summed E-state index contributed by atoms with van der Waals surface area (Å²) in [6.07, 6.45) is 8.68. The number of amides is 1. The Balaban J connectivity index is 0.00000210. The van der Waals surface area contributed by atoms with Crippen molar-refractivity contribution in [3.05, 3.63) is 29.8 Å². The van der Waals surface area contributed by atoms with Crippen LogP contribution in [0.2, 0.25) is 0 Å². The van der Waals surface area contributed by atoms with Gasteiger partial charge in [-0.15, -0.1) is 24.0 Å². The molecule has 1 amide bonds. The fraction of sp³-hybridized carbons (Fsp3) is 0.619. The summed E-state index contributed by atoms with van der Waals surface area (Å²) >= 11 is 0. The minimum Gasteiger partial charge on any atom is -0.352 e. The Kier molecular flexibility index (Phi) is 6.65. The highest BCUT2D eigenvalue weighted by atomic mass is 127. The fourth-order valence-corrected chi connectivity index (χ4v) is 4.39. The normalized spacial score (nSPS) is 21.2. The van der Waals surface area contributed by atoms with E-state index in [4.69, 9.17) is 0 Å². The summed E-state index contributed by atoms with van der Waals surface area (Å²) in [6, 6.07) is 8.13. The van der Waals surface area contributed by atoms with Crippen molar-refractivity contribution < 1.29 is 4.79 Å². The molecule has 2 saturated carbocycles. The van der Waals surface area contributed by atoms with Gasteiger partial charge in [-0.25, -0.2) is 0 Å². The number of aliphatic imine (C=N–C) groups is 1. The monoisotopic (exact) mass is 482 g/mol. The van der Waals surface area contributed by atoms with Gasteiger partial charge in [0, 0.05) is 38.3 Å². The summed E-state index contributed by atoms with van der Waals surface area (Å²) in [6.45, 7) is 2.98. The molecule has 1 saturated heterocycles. The van der Waals surface area contributed by atoms with E-state index in [-0.39, 0.29) is 35.8 Å². The Morgan fingerprint density at radius 3 is 2.67 bits per heavy atom. The van der Waals surface area contributed by atoms with Gasteiger partial charge in [-0.1, -0.05) is 25.0 Å². The van der Waals surface area contributed by atoms with Crippen LogP contribution in [-0.4, -0.2) is 36.9 Å². The second-order valence-corrected chi connectivity index (χ2v) is 8.24. The van der Waals surface area contributed by atoms with Gasteiger partial charge >= 0.3 is 0 Å². The first-order chi connectivity index (χ1) is 12.7. The molecule has 1 spiro atoms. The molecule has 2 aliphatic carbocycles. The molecule has 0 bridgehead atoms. The number of benzene rings is 1. The third-order valence-corrected chi connectivity index (χ3v) is 6.48. The Bertz CT molecular complexity index is 697. The van der Waals surface area contributed by atoms with Gasteiger partial charge in [0.25, 0.3) is 0 Å². The summed E-state index contributed by atoms with van der Waals surface area (Å²) < 4.78 is 0. The third kappa shape index (κ3) is 4.58. The van der Waals surface area contributed by atoms with Crippen LogP contribution in [0.1, 0.15) is 50.5 Å². The molecule has 3 aliphatic rings. The summed E-state index contributed by atoms with van der Waals surface area (Å²) in [4.78, 5) is 19.0. The molecule has 6 heteroatoms. The molecule has 2 N–H and O–H groups in total. The molecule has 0 aromatic heterocycles. The quantitative estimate of drug-likeness (QED) is 0.388. The van der Waals surface area contributed by atoms with E-state index in [0.29, 0.717) is 5.41 Å². The van der Waals surface area contributed by atoms with Crippen molar-refractivity contribution in [2.45, 2.75) is 51.5 Å². The number of nitrogens with zero attached hydrogens (tertiary/aromatic N) is 2. The van der Waals surface area contributed by atoms with Crippen LogP contribution in [0.15, 0.2) is 29.3 Å². The number of guanidine groups is 1. The smallest absolute Gasteiger partial charge is 0.227 e. The van der Waals surface area contributed by atoms with Gasteiger partial charge in [0.2, 0.25) is 5.91 Å². The van der Waals surface area contributed by atoms with Crippen LogP contribution in [0.4, 0.5) is 5.69 Å². The molecule has 0 radical (unpaired) electrons. The van der Waals surface area contributed by atoms with Gasteiger partial charge < -0.3 is 15.5 Å². The van der Waals surface area contributed by atoms with Gasteiger partial charge in [0.15, 0.2) is 5.96 Å². The average Bonchev–Trinajstić information content (AvgIpc) is 3.00. The van der Waals surface area contributed by atoms with Crippen LogP contribution in [0, 0.1) is 11.3 Å². The first-order valence-corrected chi connectivity index (χ1v) is 10.0. The van der Waals surface area contributed by atoms with Crippen molar-refractivity contribution in [3.63, 3.8) is 0 Å². The predicted octanol–water partition coefficient (Wildman–Crippen LogP) is 3.99. The summed E-state index contributed by atoms with van der Waals surface area (Å²) in [7, 11) is 1.86. The van der Waals surface area contributed by atoms with E-state index in [1.54, 1.807) is 0 Å². The Hall–Kier alpha value is -1.31. The number of hydrogen-bond acceptors (Lipinski definition) is 2. The van der Waals surface area contributed by atoms with Crippen molar-refractivity contribution in [1.29, 1.82) is 0 Å². The van der Waals surface area contributed by atoms with Gasteiger partial charge in [-0.3, -0.25) is 9.79 Å². The largest absolute Gasteiger partial charge is 0.352 e. The number of carbonyl (C=O) groups is 1. The molecular formula is C21H31IN4O. The molecule has 1 aromatic rings. The van der Waals surface area contributed by atoms with Gasteiger partial charge in [-0.2, -0.15) is 0 Å². The lowest BCUT2D eigenvalue weighted by molar-refractivity contribution is -0.122. The highest BCUT2D eigenvalue weighted by molar-refractivity contribution is 14.0. The molecule has 4 rings (SSSR count). The topological polar surface area (TPSA) is 56.7 Å². The maximum Gasteiger partial charge on any atom is 0.227 e. The van der Waals surface area contributed by atoms with Crippen molar-refractivity contribution in [1.82, 2.24) is 10.2 Å². The van der Waals surface area contributed by atoms with Crippen LogP contribution in [-0.2, 0) is 11.3 Å². The van der Waals surface area contributed by atoms with E-state index in [9.17, 15) is 4.79 Å². The zero-order valence-electron chi connectivity index (χ0n) is 16.2. The van der Waals surface area contributed by atoms with Crippen LogP contribution < -0.4 is 10.6 Å². The highest BCUT2D eigenvalue weighted by Gasteiger charge is 2.43. The number of hydrogen-bond donors (Lipinski definition) is 2. The van der Waals surface area contributed by atoms with Crippen molar-refractivity contribution in [3.8, 4) is 0 Å². The summed E-state index contributed by atoms with van der Waals surface area (Å²) in [5, 5.41) is 6.56. The van der Waals surface area contributed by atoms with Crippen LogP contribution in [0.3, 0.4) is 0 Å². The van der Waals surface area contributed by atoms with Crippen molar-refractivity contribution in [2.75, 3.05) is 25.5 Å². The SMILES string of the molecule is CN=C(NCc1cccc(NC(=O)C2CCC2)c1)N1CCC2(CCC2)C1.I. The number of nitrogens with one attached hydrogen (secondary N) is 2. The van der Waals surface area contributed by atoms with Crippen LogP contribution >= 0.6 is 24.0 Å². The Morgan fingerprint density at radius 2 is 2.07 bits per heavy atom. The van der Waals surface area contributed by atoms with Crippen LogP contribution in [0.25, 0.3) is 0 Å². The Labute approximate surface area is 179 Å². The zero-order chi connectivity index (χ0) is 18.0. The van der Waals surface area contributed by atoms with E-state index < -0.39 is 0 Å². The minimum absolute atomic E-state index is 0. The predicted molar refractivity (Wildman–Crippen MR) is 121 cm³/mol. The van der Waals surface area contributed by atoms with Crippen molar-refractivity contribution >= 4 is 41.5 Å². The molecule has 27 heavy (non-hydrogen) atoms. The molecule has 1 aliphatic heterocycles. The second kappa shape index (κ2) is 8.80. The highest BCUT2D eigenvalue weighted by Crippen LogP contribution is 2.47. The molecule has 148 valence electrons. The lowest BCUT2D eigenvalue weighted by Crippen LogP contribution is -2.42. The minimum atomic E-state index is 0. The lowest BCUT2D eigenvalue weighted by atomic mass is 9.68. The average molecular weight is 482 g/mol. The van der Waals surface area contributed by atoms with E-state index in [0.717, 1.165) is 49.7 Å². The van der Waals surface area contributed by atoms with Gasteiger partial charge in [0.1, 0.15) is 0 Å². The maximum absolute atomic E-state index is 12.1. The molecule has 3 fully saturated rings. The van der Waals surface area contributed by atoms with E-state index in [2.05, 4.69) is 32.7 Å². The second-order valence-electron chi connectivity index (χ2n) is 8.24. The fourth-order valence-electron chi connectivity index (χ4n) is 4.39. The third-order valence-electron chi connectivity index (χ3n) is 6.48. The van der Waals surface area contributed by atoms with Gasteiger partial charge in [0.05, 0.1) is 0 Å². The lowest BCUT2D eigenvalue weighted by Gasteiger charge is -2.38. The Morgan fingerprint density at radius 1 is 1.26 bits per heavy atom. The molecule has 0 atom stereocenters. The maximum atomic E-state index is 12.1. The first kappa shape index (κ1) is 20.4. The molecular weight excluding hydrogens is 451 g/mol. The number of anilines is 1. The number of rotatable bonds is 4. The van der Waals surface area contributed by atoms with E-state index in [1.807, 2.05) is 19.2 Å². The van der Waals surface area contributed by atoms with E-state index in [1.165, 1.54) is 32.1 Å². The molecule has 1 aromatic carbocycles. The van der Waals surface area contributed by atoms with Crippen molar-refractivity contribution in [2.24, 2.45) is 16.3 Å². The summed E-state index contributed by atoms with van der Waals surface area (Å²) in [5.41, 5.74) is 2.63. The summed E-state index contributed by atoms with van der Waals surface area (Å²) in [5.74, 6) is 1.38.